The number of benzene rings is 1. The molecule has 94 valence electrons. The fraction of sp³-hybridized carbons (Fsp3) is 0.200. The molecule has 0 fully saturated rings. The molecule has 18 heavy (non-hydrogen) atoms. The lowest BCUT2D eigenvalue weighted by Gasteiger charge is -2.10. The molecular weight excluding hydrogens is 300 g/mol. The first-order valence-electron chi connectivity index (χ1n) is 5.17. The summed E-state index contributed by atoms with van der Waals surface area (Å²) in [6.45, 7) is 1.77. The molecule has 1 amide bonds. The minimum Gasteiger partial charge on any atom is -0.398 e. The van der Waals surface area contributed by atoms with E-state index in [9.17, 15) is 4.79 Å². The molecule has 2 aromatic rings. The lowest BCUT2D eigenvalue weighted by molar-refractivity contribution is 0.0938. The third kappa shape index (κ3) is 2.65. The molecule has 1 unspecified atom stereocenters. The van der Waals surface area contributed by atoms with Gasteiger partial charge >= 0.3 is 0 Å². The summed E-state index contributed by atoms with van der Waals surface area (Å²) in [6, 6.07) is 4.65. The first kappa shape index (κ1) is 12.5. The molecule has 1 aromatic heterocycles. The molecule has 1 heterocycles. The Kier molecular flexibility index (Phi) is 3.56. The van der Waals surface area contributed by atoms with Crippen molar-refractivity contribution in [3.63, 3.8) is 0 Å². The van der Waals surface area contributed by atoms with Gasteiger partial charge in [-0.25, -0.2) is 0 Å². The Bertz CT molecular complexity index is 556. The van der Waals surface area contributed by atoms with Crippen LogP contribution in [0, 0.1) is 0 Å². The van der Waals surface area contributed by atoms with Crippen molar-refractivity contribution in [1.82, 2.24) is 25.9 Å². The number of anilines is 1. The van der Waals surface area contributed by atoms with E-state index >= 15 is 0 Å². The summed E-state index contributed by atoms with van der Waals surface area (Å²) in [5.74, 6) is 0.200. The normalized spacial score (nSPS) is 12.1. The van der Waals surface area contributed by atoms with Gasteiger partial charge in [-0.05, 0) is 41.1 Å². The van der Waals surface area contributed by atoms with Gasteiger partial charge < -0.3 is 11.1 Å². The van der Waals surface area contributed by atoms with Crippen molar-refractivity contribution in [1.29, 1.82) is 0 Å². The predicted octanol–water partition coefficient (Wildman–Crippen LogP) is 1.04. The summed E-state index contributed by atoms with van der Waals surface area (Å²) in [4.78, 5) is 12.0. The van der Waals surface area contributed by atoms with Crippen LogP contribution in [-0.4, -0.2) is 26.5 Å². The quantitative estimate of drug-likeness (QED) is 0.734. The summed E-state index contributed by atoms with van der Waals surface area (Å²) in [6.07, 6.45) is 0. The maximum Gasteiger partial charge on any atom is 0.251 e. The maximum absolute atomic E-state index is 12.0. The van der Waals surface area contributed by atoms with Gasteiger partial charge in [-0.1, -0.05) is 5.21 Å². The van der Waals surface area contributed by atoms with E-state index in [0.717, 1.165) is 0 Å². The van der Waals surface area contributed by atoms with Crippen LogP contribution in [-0.2, 0) is 0 Å². The van der Waals surface area contributed by atoms with Crippen LogP contribution < -0.4 is 11.1 Å². The number of hydrogen-bond acceptors (Lipinski definition) is 5. The lowest BCUT2D eigenvalue weighted by atomic mass is 10.2. The molecule has 7 nitrogen and oxygen atoms in total. The number of aromatic amines is 1. The van der Waals surface area contributed by atoms with E-state index in [1.807, 2.05) is 0 Å². The fourth-order valence-corrected chi connectivity index (χ4v) is 1.74. The third-order valence-electron chi connectivity index (χ3n) is 2.36. The number of rotatable bonds is 3. The molecule has 1 atom stereocenters. The van der Waals surface area contributed by atoms with Crippen molar-refractivity contribution in [2.75, 3.05) is 5.73 Å². The summed E-state index contributed by atoms with van der Waals surface area (Å²) in [7, 11) is 0. The molecule has 1 aromatic carbocycles. The zero-order valence-electron chi connectivity index (χ0n) is 9.51. The molecule has 0 aliphatic heterocycles. The molecule has 0 aliphatic rings. The molecule has 0 bridgehead atoms. The zero-order chi connectivity index (χ0) is 13.1. The van der Waals surface area contributed by atoms with E-state index in [-0.39, 0.29) is 11.9 Å². The number of nitrogen functional groups attached to an aromatic ring is 1. The summed E-state index contributed by atoms with van der Waals surface area (Å²) in [5, 5.41) is 16.1. The van der Waals surface area contributed by atoms with Gasteiger partial charge in [0.1, 0.15) is 0 Å². The average Bonchev–Trinajstić information content (AvgIpc) is 2.86. The smallest absolute Gasteiger partial charge is 0.251 e. The largest absolute Gasteiger partial charge is 0.398 e. The van der Waals surface area contributed by atoms with Gasteiger partial charge in [-0.15, -0.1) is 10.2 Å². The Morgan fingerprint density at radius 3 is 2.94 bits per heavy atom. The van der Waals surface area contributed by atoms with E-state index in [4.69, 9.17) is 5.73 Å². The fourth-order valence-electron chi connectivity index (χ4n) is 1.37. The number of amides is 1. The van der Waals surface area contributed by atoms with Gasteiger partial charge in [0.2, 0.25) is 0 Å². The topological polar surface area (TPSA) is 110 Å². The number of carbonyl (C=O) groups is 1. The number of halogens is 1. The van der Waals surface area contributed by atoms with Crippen LogP contribution >= 0.6 is 15.9 Å². The molecule has 4 N–H and O–H groups in total. The first-order chi connectivity index (χ1) is 8.58. The molecule has 0 aliphatic carbocycles. The van der Waals surface area contributed by atoms with Crippen LogP contribution in [0.2, 0.25) is 0 Å². The summed E-state index contributed by atoms with van der Waals surface area (Å²) in [5.41, 5.74) is 6.74. The molecule has 0 radical (unpaired) electrons. The number of nitrogens with one attached hydrogen (secondary N) is 2. The Morgan fingerprint density at radius 2 is 2.33 bits per heavy atom. The molecule has 0 saturated carbocycles. The van der Waals surface area contributed by atoms with E-state index in [2.05, 4.69) is 41.9 Å². The van der Waals surface area contributed by atoms with Gasteiger partial charge in [0.25, 0.3) is 5.91 Å². The number of aromatic nitrogens is 4. The Hall–Kier alpha value is -1.96. The number of nitrogens with zero attached hydrogens (tertiary/aromatic N) is 3. The van der Waals surface area contributed by atoms with Crippen LogP contribution in [0.5, 0.6) is 0 Å². The van der Waals surface area contributed by atoms with Crippen LogP contribution in [0.1, 0.15) is 29.1 Å². The second-order valence-electron chi connectivity index (χ2n) is 3.70. The van der Waals surface area contributed by atoms with Crippen molar-refractivity contribution >= 4 is 27.5 Å². The SMILES string of the molecule is CC(NC(=O)c1ccc(N)c(Br)c1)c1nn[nH]n1. The van der Waals surface area contributed by atoms with Crippen molar-refractivity contribution in [2.24, 2.45) is 0 Å². The van der Waals surface area contributed by atoms with Gasteiger partial charge in [0.05, 0.1) is 6.04 Å². The highest BCUT2D eigenvalue weighted by molar-refractivity contribution is 9.10. The minimum absolute atomic E-state index is 0.229. The highest BCUT2D eigenvalue weighted by Crippen LogP contribution is 2.20. The number of carbonyl (C=O) groups excluding carboxylic acids is 1. The second kappa shape index (κ2) is 5.13. The zero-order valence-corrected chi connectivity index (χ0v) is 11.1. The van der Waals surface area contributed by atoms with Crippen molar-refractivity contribution < 1.29 is 4.79 Å². The molecular formula is C10H11BrN6O. The molecule has 0 saturated heterocycles. The van der Waals surface area contributed by atoms with Crippen LogP contribution in [0.25, 0.3) is 0 Å². The Morgan fingerprint density at radius 1 is 1.56 bits per heavy atom. The number of tetrazole rings is 1. The number of hydrogen-bond donors (Lipinski definition) is 3. The maximum atomic E-state index is 12.0. The summed E-state index contributed by atoms with van der Waals surface area (Å²) >= 11 is 3.27. The van der Waals surface area contributed by atoms with E-state index in [1.165, 1.54) is 0 Å². The van der Waals surface area contributed by atoms with Gasteiger partial charge in [-0.2, -0.15) is 5.21 Å². The predicted molar refractivity (Wildman–Crippen MR) is 68.6 cm³/mol. The number of nitrogens with two attached hydrogens (primary N) is 1. The van der Waals surface area contributed by atoms with Crippen molar-refractivity contribution in [3.05, 3.63) is 34.1 Å². The average molecular weight is 311 g/mol. The first-order valence-corrected chi connectivity index (χ1v) is 5.96. The molecule has 8 heteroatoms. The van der Waals surface area contributed by atoms with Gasteiger partial charge in [0.15, 0.2) is 5.82 Å². The van der Waals surface area contributed by atoms with Crippen LogP contribution in [0.4, 0.5) is 5.69 Å². The van der Waals surface area contributed by atoms with Crippen molar-refractivity contribution in [3.8, 4) is 0 Å². The van der Waals surface area contributed by atoms with Gasteiger partial charge in [0, 0.05) is 15.7 Å². The highest BCUT2D eigenvalue weighted by atomic mass is 79.9. The molecule has 2 rings (SSSR count). The van der Waals surface area contributed by atoms with Gasteiger partial charge in [-0.3, -0.25) is 4.79 Å². The third-order valence-corrected chi connectivity index (χ3v) is 3.05. The Labute approximate surface area is 111 Å². The lowest BCUT2D eigenvalue weighted by Crippen LogP contribution is -2.27. The second-order valence-corrected chi connectivity index (χ2v) is 4.56. The summed E-state index contributed by atoms with van der Waals surface area (Å²) < 4.78 is 0.683. The Balaban J connectivity index is 2.10. The van der Waals surface area contributed by atoms with Crippen LogP contribution in [0.3, 0.4) is 0 Å². The standard InChI is InChI=1S/C10H11BrN6O/c1-5(9-14-16-17-15-9)13-10(18)6-2-3-8(12)7(11)4-6/h2-5H,12H2,1H3,(H,13,18)(H,14,15,16,17). The molecule has 0 spiro atoms. The monoisotopic (exact) mass is 310 g/mol. The van der Waals surface area contributed by atoms with E-state index in [1.54, 1.807) is 25.1 Å². The number of H-pyrrole nitrogens is 1. The highest BCUT2D eigenvalue weighted by Gasteiger charge is 2.15. The minimum atomic E-state index is -0.326. The van der Waals surface area contributed by atoms with Crippen LogP contribution in [0.15, 0.2) is 22.7 Å². The van der Waals surface area contributed by atoms with E-state index < -0.39 is 0 Å². The van der Waals surface area contributed by atoms with Crippen molar-refractivity contribution in [2.45, 2.75) is 13.0 Å². The van der Waals surface area contributed by atoms with E-state index in [0.29, 0.717) is 21.5 Å².